The molecule has 1 fully saturated rings. The molecule has 3 heterocycles. The van der Waals surface area contributed by atoms with Crippen molar-refractivity contribution in [3.05, 3.63) is 35.5 Å². The SMILES string of the molecule is COCC(=O)N1CCc2nc(N3CCN(C)CC3)nc(Oc3ccc(OC)cc3)c2C1. The molecule has 1 aromatic heterocycles. The number of fused-ring (bicyclic) bond motifs is 1. The number of nitrogens with zero attached hydrogens (tertiary/aromatic N) is 5. The fourth-order valence-corrected chi connectivity index (χ4v) is 3.79. The van der Waals surface area contributed by atoms with Gasteiger partial charge in [0.15, 0.2) is 0 Å². The fraction of sp³-hybridized carbons (Fsp3) is 0.500. The van der Waals surface area contributed by atoms with Gasteiger partial charge in [0.2, 0.25) is 17.7 Å². The predicted molar refractivity (Wildman–Crippen MR) is 116 cm³/mol. The zero-order chi connectivity index (χ0) is 21.8. The van der Waals surface area contributed by atoms with Crippen LogP contribution >= 0.6 is 0 Å². The monoisotopic (exact) mass is 427 g/mol. The van der Waals surface area contributed by atoms with Crippen LogP contribution in [0.25, 0.3) is 0 Å². The average molecular weight is 428 g/mol. The van der Waals surface area contributed by atoms with E-state index in [0.29, 0.717) is 37.1 Å². The van der Waals surface area contributed by atoms with Crippen molar-refractivity contribution in [2.75, 3.05) is 65.5 Å². The van der Waals surface area contributed by atoms with Crippen LogP contribution in [-0.4, -0.2) is 86.3 Å². The van der Waals surface area contributed by atoms with Gasteiger partial charge in [-0.3, -0.25) is 4.79 Å². The van der Waals surface area contributed by atoms with Crippen molar-refractivity contribution in [3.8, 4) is 17.4 Å². The molecule has 0 atom stereocenters. The van der Waals surface area contributed by atoms with Crippen LogP contribution in [0, 0.1) is 0 Å². The summed E-state index contributed by atoms with van der Waals surface area (Å²) in [6, 6.07) is 7.39. The van der Waals surface area contributed by atoms with Gasteiger partial charge in [-0.1, -0.05) is 0 Å². The first-order valence-electron chi connectivity index (χ1n) is 10.5. The second-order valence-corrected chi connectivity index (χ2v) is 7.82. The van der Waals surface area contributed by atoms with Gasteiger partial charge in [0.05, 0.1) is 24.9 Å². The van der Waals surface area contributed by atoms with E-state index in [4.69, 9.17) is 24.2 Å². The number of ether oxygens (including phenoxy) is 3. The Hall–Kier alpha value is -2.91. The van der Waals surface area contributed by atoms with Gasteiger partial charge in [-0.25, -0.2) is 4.98 Å². The molecule has 2 aromatic rings. The molecule has 0 unspecified atom stereocenters. The third kappa shape index (κ3) is 4.88. The third-order valence-electron chi connectivity index (χ3n) is 5.69. The minimum absolute atomic E-state index is 0.0494. The topological polar surface area (TPSA) is 80.3 Å². The molecule has 0 radical (unpaired) electrons. The second-order valence-electron chi connectivity index (χ2n) is 7.82. The molecule has 166 valence electrons. The summed E-state index contributed by atoms with van der Waals surface area (Å²) in [4.78, 5) is 28.3. The van der Waals surface area contributed by atoms with Gasteiger partial charge in [0.1, 0.15) is 18.1 Å². The van der Waals surface area contributed by atoms with E-state index in [9.17, 15) is 4.79 Å². The minimum atomic E-state index is -0.0494. The van der Waals surface area contributed by atoms with Gasteiger partial charge in [0, 0.05) is 46.3 Å². The van der Waals surface area contributed by atoms with Gasteiger partial charge in [0.25, 0.3) is 0 Å². The van der Waals surface area contributed by atoms with E-state index < -0.39 is 0 Å². The zero-order valence-corrected chi connectivity index (χ0v) is 18.3. The van der Waals surface area contributed by atoms with Gasteiger partial charge >= 0.3 is 0 Å². The summed E-state index contributed by atoms with van der Waals surface area (Å²) in [5.74, 6) is 2.55. The summed E-state index contributed by atoms with van der Waals surface area (Å²) in [6.07, 6.45) is 0.660. The largest absolute Gasteiger partial charge is 0.497 e. The molecule has 0 bridgehead atoms. The Kier molecular flexibility index (Phi) is 6.53. The van der Waals surface area contributed by atoms with Crippen LogP contribution < -0.4 is 14.4 Å². The molecule has 0 aliphatic carbocycles. The number of benzene rings is 1. The van der Waals surface area contributed by atoms with Crippen molar-refractivity contribution >= 4 is 11.9 Å². The number of hydrogen-bond donors (Lipinski definition) is 0. The molecular formula is C22H29N5O4. The van der Waals surface area contributed by atoms with E-state index in [1.165, 1.54) is 7.11 Å². The van der Waals surface area contributed by atoms with Crippen molar-refractivity contribution in [1.82, 2.24) is 19.8 Å². The van der Waals surface area contributed by atoms with Gasteiger partial charge < -0.3 is 28.9 Å². The van der Waals surface area contributed by atoms with Gasteiger partial charge in [-0.05, 0) is 31.3 Å². The Bertz CT molecular complexity index is 913. The summed E-state index contributed by atoms with van der Waals surface area (Å²) >= 11 is 0. The number of likely N-dealkylation sites (N-methyl/N-ethyl adjacent to an activating group) is 1. The van der Waals surface area contributed by atoms with Crippen molar-refractivity contribution < 1.29 is 19.0 Å². The second kappa shape index (κ2) is 9.49. The number of hydrogen-bond acceptors (Lipinski definition) is 8. The lowest BCUT2D eigenvalue weighted by molar-refractivity contribution is -0.136. The molecule has 9 nitrogen and oxygen atoms in total. The van der Waals surface area contributed by atoms with Gasteiger partial charge in [-0.15, -0.1) is 0 Å². The number of methoxy groups -OCH3 is 2. The highest BCUT2D eigenvalue weighted by atomic mass is 16.5. The predicted octanol–water partition coefficient (Wildman–Crippen LogP) is 1.56. The van der Waals surface area contributed by atoms with Crippen molar-refractivity contribution in [2.24, 2.45) is 0 Å². The molecule has 0 spiro atoms. The highest BCUT2D eigenvalue weighted by Gasteiger charge is 2.28. The summed E-state index contributed by atoms with van der Waals surface area (Å²) in [5.41, 5.74) is 1.79. The molecule has 9 heteroatoms. The van der Waals surface area contributed by atoms with Crippen molar-refractivity contribution in [3.63, 3.8) is 0 Å². The average Bonchev–Trinajstić information content (AvgIpc) is 2.80. The quantitative estimate of drug-likeness (QED) is 0.687. The Balaban J connectivity index is 1.65. The maximum Gasteiger partial charge on any atom is 0.248 e. The number of rotatable bonds is 6. The van der Waals surface area contributed by atoms with E-state index in [1.807, 2.05) is 24.3 Å². The van der Waals surface area contributed by atoms with Crippen LogP contribution in [0.2, 0.25) is 0 Å². The van der Waals surface area contributed by atoms with E-state index in [1.54, 1.807) is 12.0 Å². The van der Waals surface area contributed by atoms with Crippen molar-refractivity contribution in [2.45, 2.75) is 13.0 Å². The highest BCUT2D eigenvalue weighted by molar-refractivity contribution is 5.77. The molecule has 0 saturated carbocycles. The smallest absolute Gasteiger partial charge is 0.248 e. The highest BCUT2D eigenvalue weighted by Crippen LogP contribution is 2.32. The lowest BCUT2D eigenvalue weighted by atomic mass is 10.1. The molecule has 2 aliphatic rings. The molecule has 31 heavy (non-hydrogen) atoms. The lowest BCUT2D eigenvalue weighted by Crippen LogP contribution is -2.45. The van der Waals surface area contributed by atoms with Crippen LogP contribution in [0.1, 0.15) is 11.3 Å². The maximum absolute atomic E-state index is 12.4. The van der Waals surface area contributed by atoms with Crippen LogP contribution in [0.5, 0.6) is 17.4 Å². The van der Waals surface area contributed by atoms with Gasteiger partial charge in [-0.2, -0.15) is 4.98 Å². The van der Waals surface area contributed by atoms with Crippen LogP contribution in [0.15, 0.2) is 24.3 Å². The third-order valence-corrected chi connectivity index (χ3v) is 5.69. The normalized spacial score (nSPS) is 16.7. The molecule has 1 amide bonds. The Morgan fingerprint density at radius 2 is 1.71 bits per heavy atom. The molecule has 4 rings (SSSR count). The molecule has 1 aromatic carbocycles. The summed E-state index contributed by atoms with van der Waals surface area (Å²) < 4.78 is 16.5. The number of piperazine rings is 1. The minimum Gasteiger partial charge on any atom is -0.497 e. The van der Waals surface area contributed by atoms with Crippen LogP contribution in [0.4, 0.5) is 5.95 Å². The Morgan fingerprint density at radius 3 is 2.39 bits per heavy atom. The molecule has 2 aliphatic heterocycles. The molecular weight excluding hydrogens is 398 g/mol. The molecule has 0 N–H and O–H groups in total. The number of amides is 1. The number of carbonyl (C=O) groups is 1. The van der Waals surface area contributed by atoms with Crippen LogP contribution in [-0.2, 0) is 22.5 Å². The summed E-state index contributed by atoms with van der Waals surface area (Å²) in [5, 5.41) is 0. The van der Waals surface area contributed by atoms with E-state index in [2.05, 4.69) is 16.8 Å². The Morgan fingerprint density at radius 1 is 1.00 bits per heavy atom. The number of aromatic nitrogens is 2. The van der Waals surface area contributed by atoms with E-state index in [-0.39, 0.29) is 12.5 Å². The zero-order valence-electron chi connectivity index (χ0n) is 18.3. The standard InChI is InChI=1S/C22H29N5O4/c1-25-10-12-26(13-11-25)22-23-19-8-9-27(20(28)15-29-2)14-18(19)21(24-22)31-17-6-4-16(30-3)5-7-17/h4-7H,8-15H2,1-3H3. The first kappa shape index (κ1) is 21.3. The first-order valence-corrected chi connectivity index (χ1v) is 10.5. The lowest BCUT2D eigenvalue weighted by Gasteiger charge is -2.34. The number of anilines is 1. The van der Waals surface area contributed by atoms with Crippen molar-refractivity contribution in [1.29, 1.82) is 0 Å². The van der Waals surface area contributed by atoms with Crippen LogP contribution in [0.3, 0.4) is 0 Å². The Labute approximate surface area is 182 Å². The van der Waals surface area contributed by atoms with E-state index in [0.717, 1.165) is 43.2 Å². The van der Waals surface area contributed by atoms with E-state index >= 15 is 0 Å². The maximum atomic E-state index is 12.4. The number of carbonyl (C=O) groups excluding carboxylic acids is 1. The molecule has 1 saturated heterocycles. The summed E-state index contributed by atoms with van der Waals surface area (Å²) in [6.45, 7) is 4.75. The fourth-order valence-electron chi connectivity index (χ4n) is 3.79. The first-order chi connectivity index (χ1) is 15.1. The summed E-state index contributed by atoms with van der Waals surface area (Å²) in [7, 11) is 5.28.